The van der Waals surface area contributed by atoms with Gasteiger partial charge in [0.15, 0.2) is 0 Å². The molecule has 1 N–H and O–H groups in total. The second-order valence-electron chi connectivity index (χ2n) is 19.0. The summed E-state index contributed by atoms with van der Waals surface area (Å²) in [6.07, 6.45) is 1.87. The molecule has 0 aliphatic carbocycles. The van der Waals surface area contributed by atoms with Crippen molar-refractivity contribution in [1.29, 1.82) is 0 Å². The fourth-order valence-electron chi connectivity index (χ4n) is 7.29. The van der Waals surface area contributed by atoms with Gasteiger partial charge in [-0.15, -0.1) is 35.4 Å². The normalized spacial score (nSPS) is 12.7. The Kier molecular flexibility index (Phi) is 10.4. The van der Waals surface area contributed by atoms with Crippen LogP contribution in [0.25, 0.3) is 61.3 Å². The van der Waals surface area contributed by atoms with E-state index in [9.17, 15) is 5.11 Å². The number of rotatable bonds is 4. The van der Waals surface area contributed by atoms with E-state index in [4.69, 9.17) is 9.97 Å². The van der Waals surface area contributed by atoms with Crippen molar-refractivity contribution in [2.24, 2.45) is 0 Å². The van der Waals surface area contributed by atoms with Gasteiger partial charge in [-0.3, -0.25) is 9.55 Å². The Labute approximate surface area is 342 Å². The SMILES string of the molecule is CC(C)(C)c1ccc(-n2c(-c3cc(C(C)(C)C)cc(C(C)(C)C)c3O)nc3c(-c4[c-]c(-c5cc(C(C)(C)C)cc6cccnc56)ccc4)cccc32)cc1.[Pt]. The maximum Gasteiger partial charge on any atom is 0.148 e. The van der Waals surface area contributed by atoms with Crippen LogP contribution in [0.1, 0.15) is 105 Å². The van der Waals surface area contributed by atoms with E-state index in [1.807, 2.05) is 12.3 Å². The summed E-state index contributed by atoms with van der Waals surface area (Å²) in [6.45, 7) is 26.6. The number of para-hydroxylation sites is 1. The first-order chi connectivity index (χ1) is 25.2. The number of aromatic hydroxyl groups is 1. The maximum absolute atomic E-state index is 12.2. The molecular formula is C50H54N3OPt-. The number of nitrogens with zero attached hydrogens (tertiary/aromatic N) is 3. The first-order valence-electron chi connectivity index (χ1n) is 19.1. The van der Waals surface area contributed by atoms with E-state index >= 15 is 0 Å². The number of phenolic OH excluding ortho intramolecular Hbond substituents is 1. The Balaban J connectivity index is 0.00000514. The van der Waals surface area contributed by atoms with Gasteiger partial charge in [0, 0.05) is 44.0 Å². The van der Waals surface area contributed by atoms with Gasteiger partial charge in [0.05, 0.1) is 16.6 Å². The van der Waals surface area contributed by atoms with Gasteiger partial charge in [-0.1, -0.05) is 143 Å². The topological polar surface area (TPSA) is 50.9 Å². The standard InChI is InChI=1S/C50H54N3O.Pt/c1-47(2,3)34-21-23-37(24-22-34)53-42-20-14-19-38(44(42)52-46(53)40-29-36(49(7,8)9)30-41(45(40)54)50(10,11)12)31-16-13-17-32(26-31)39-28-35(48(4,5)6)27-33-18-15-25-51-43(33)39;/h13-25,27-30,54H,1-12H3;/q-1;. The third kappa shape index (κ3) is 7.68. The third-order valence-corrected chi connectivity index (χ3v) is 10.6. The summed E-state index contributed by atoms with van der Waals surface area (Å²) in [5.41, 5.74) is 12.6. The van der Waals surface area contributed by atoms with Crippen molar-refractivity contribution in [3.8, 4) is 45.1 Å². The summed E-state index contributed by atoms with van der Waals surface area (Å²) in [5.74, 6) is 0.978. The van der Waals surface area contributed by atoms with E-state index in [0.29, 0.717) is 5.82 Å². The second-order valence-corrected chi connectivity index (χ2v) is 19.0. The molecule has 0 saturated carbocycles. The third-order valence-electron chi connectivity index (χ3n) is 10.6. The zero-order valence-corrected chi connectivity index (χ0v) is 36.7. The predicted octanol–water partition coefficient (Wildman–Crippen LogP) is 13.3. The Morgan fingerprint density at radius 2 is 1.13 bits per heavy atom. The van der Waals surface area contributed by atoms with Gasteiger partial charge < -0.3 is 5.11 Å². The van der Waals surface area contributed by atoms with E-state index in [0.717, 1.165) is 66.6 Å². The minimum absolute atomic E-state index is 0. The Morgan fingerprint density at radius 3 is 1.75 bits per heavy atom. The van der Waals surface area contributed by atoms with Crippen LogP contribution < -0.4 is 0 Å². The molecule has 0 aliphatic heterocycles. The van der Waals surface area contributed by atoms with Crippen molar-refractivity contribution in [3.05, 3.63) is 132 Å². The minimum atomic E-state index is -0.283. The van der Waals surface area contributed by atoms with Gasteiger partial charge in [0.2, 0.25) is 0 Å². The number of aromatic nitrogens is 3. The van der Waals surface area contributed by atoms with Crippen LogP contribution in [0.4, 0.5) is 0 Å². The quantitative estimate of drug-likeness (QED) is 0.179. The molecule has 7 rings (SSSR count). The molecule has 0 saturated heterocycles. The van der Waals surface area contributed by atoms with Gasteiger partial charge in [-0.2, -0.15) is 0 Å². The summed E-state index contributed by atoms with van der Waals surface area (Å²) in [7, 11) is 0. The fourth-order valence-corrected chi connectivity index (χ4v) is 7.29. The fraction of sp³-hybridized carbons (Fsp3) is 0.320. The number of imidazole rings is 1. The monoisotopic (exact) mass is 907 g/mol. The largest absolute Gasteiger partial charge is 0.507 e. The Bertz CT molecular complexity index is 2530. The molecule has 0 unspecified atom stereocenters. The zero-order chi connectivity index (χ0) is 39.0. The molecule has 0 radical (unpaired) electrons. The summed E-state index contributed by atoms with van der Waals surface area (Å²) in [5, 5.41) is 13.3. The van der Waals surface area contributed by atoms with Crippen molar-refractivity contribution in [2.75, 3.05) is 0 Å². The molecule has 55 heavy (non-hydrogen) atoms. The van der Waals surface area contributed by atoms with Crippen molar-refractivity contribution in [3.63, 3.8) is 0 Å². The molecule has 286 valence electrons. The van der Waals surface area contributed by atoms with Crippen LogP contribution in [0.2, 0.25) is 0 Å². The van der Waals surface area contributed by atoms with Gasteiger partial charge in [0.25, 0.3) is 0 Å². The summed E-state index contributed by atoms with van der Waals surface area (Å²) < 4.78 is 2.22. The van der Waals surface area contributed by atoms with Crippen LogP contribution in [-0.2, 0) is 42.7 Å². The van der Waals surface area contributed by atoms with Crippen LogP contribution in [0.15, 0.2) is 103 Å². The molecule has 2 heterocycles. The second kappa shape index (κ2) is 14.2. The molecular weight excluding hydrogens is 854 g/mol. The van der Waals surface area contributed by atoms with Crippen LogP contribution in [0, 0.1) is 6.07 Å². The average molecular weight is 908 g/mol. The van der Waals surface area contributed by atoms with Crippen LogP contribution in [0.5, 0.6) is 5.75 Å². The van der Waals surface area contributed by atoms with E-state index < -0.39 is 0 Å². The Hall–Kier alpha value is -4.53. The summed E-state index contributed by atoms with van der Waals surface area (Å²) in [6, 6.07) is 38.3. The van der Waals surface area contributed by atoms with E-state index in [2.05, 4.69) is 185 Å². The van der Waals surface area contributed by atoms with Gasteiger partial charge in [-0.05, 0) is 74.1 Å². The molecule has 0 spiro atoms. The molecule has 0 amide bonds. The van der Waals surface area contributed by atoms with Crippen LogP contribution in [0.3, 0.4) is 0 Å². The first kappa shape index (κ1) is 40.1. The number of fused-ring (bicyclic) bond motifs is 2. The van der Waals surface area contributed by atoms with E-state index in [1.54, 1.807) is 0 Å². The molecule has 5 aromatic carbocycles. The van der Waals surface area contributed by atoms with Gasteiger partial charge in [0.1, 0.15) is 11.6 Å². The van der Waals surface area contributed by atoms with Crippen molar-refractivity contribution in [1.82, 2.24) is 14.5 Å². The molecule has 5 heteroatoms. The number of hydrogen-bond donors (Lipinski definition) is 1. The number of phenols is 1. The molecule has 0 fully saturated rings. The van der Waals surface area contributed by atoms with E-state index in [-0.39, 0.29) is 48.5 Å². The smallest absolute Gasteiger partial charge is 0.148 e. The molecule has 0 bridgehead atoms. The molecule has 0 atom stereocenters. The van der Waals surface area contributed by atoms with Gasteiger partial charge in [-0.25, -0.2) is 4.98 Å². The van der Waals surface area contributed by atoms with Crippen molar-refractivity contribution < 1.29 is 26.2 Å². The summed E-state index contributed by atoms with van der Waals surface area (Å²) in [4.78, 5) is 10.3. The zero-order valence-electron chi connectivity index (χ0n) is 34.4. The first-order valence-corrected chi connectivity index (χ1v) is 19.1. The molecule has 2 aromatic heterocycles. The van der Waals surface area contributed by atoms with Crippen LogP contribution >= 0.6 is 0 Å². The number of hydrogen-bond acceptors (Lipinski definition) is 3. The van der Waals surface area contributed by atoms with E-state index in [1.165, 1.54) is 11.1 Å². The van der Waals surface area contributed by atoms with Crippen molar-refractivity contribution >= 4 is 21.9 Å². The molecule has 0 aliphatic rings. The maximum atomic E-state index is 12.2. The minimum Gasteiger partial charge on any atom is -0.507 e. The van der Waals surface area contributed by atoms with Gasteiger partial charge >= 0.3 is 0 Å². The summed E-state index contributed by atoms with van der Waals surface area (Å²) >= 11 is 0. The predicted molar refractivity (Wildman–Crippen MR) is 228 cm³/mol. The molecule has 7 aromatic rings. The molecule has 4 nitrogen and oxygen atoms in total. The Morgan fingerprint density at radius 1 is 0.545 bits per heavy atom. The van der Waals surface area contributed by atoms with Crippen molar-refractivity contribution in [2.45, 2.75) is 105 Å². The average Bonchev–Trinajstić information content (AvgIpc) is 3.49. The van der Waals surface area contributed by atoms with Crippen LogP contribution in [-0.4, -0.2) is 19.6 Å². The number of benzene rings is 5. The number of pyridine rings is 1.